The first-order valence-electron chi connectivity index (χ1n) is 6.50. The lowest BCUT2D eigenvalue weighted by Gasteiger charge is -2.21. The fourth-order valence-corrected chi connectivity index (χ4v) is 2.16. The molecular formula is C17H18ClNO. The molecule has 0 fully saturated rings. The van der Waals surface area contributed by atoms with Crippen molar-refractivity contribution in [3.8, 4) is 5.75 Å². The van der Waals surface area contributed by atoms with E-state index in [0.29, 0.717) is 10.6 Å². The topological polar surface area (TPSA) is 32.6 Å². The maximum absolute atomic E-state index is 10.3. The molecule has 0 amide bonds. The summed E-state index contributed by atoms with van der Waals surface area (Å²) in [4.78, 5) is 4.35. The molecule has 0 atom stereocenters. The van der Waals surface area contributed by atoms with E-state index in [1.807, 2.05) is 30.3 Å². The molecular weight excluding hydrogens is 270 g/mol. The highest BCUT2D eigenvalue weighted by Gasteiger charge is 2.18. The van der Waals surface area contributed by atoms with Crippen molar-refractivity contribution in [1.82, 2.24) is 0 Å². The van der Waals surface area contributed by atoms with Gasteiger partial charge in [0.1, 0.15) is 5.75 Å². The lowest BCUT2D eigenvalue weighted by molar-refractivity contribution is 0.446. The number of para-hydroxylation sites is 1. The van der Waals surface area contributed by atoms with Crippen LogP contribution in [-0.4, -0.2) is 11.3 Å². The fourth-order valence-electron chi connectivity index (χ4n) is 1.97. The molecule has 3 heteroatoms. The molecule has 0 saturated carbocycles. The van der Waals surface area contributed by atoms with Gasteiger partial charge in [0.05, 0.1) is 5.69 Å². The first-order chi connectivity index (χ1) is 9.38. The summed E-state index contributed by atoms with van der Waals surface area (Å²) in [5.74, 6) is 0.283. The molecule has 0 aliphatic carbocycles. The molecule has 0 saturated heterocycles. The van der Waals surface area contributed by atoms with Gasteiger partial charge in [-0.15, -0.1) is 0 Å². The summed E-state index contributed by atoms with van der Waals surface area (Å²) in [6.45, 7) is 6.21. The number of hydrogen-bond donors (Lipinski definition) is 1. The second-order valence-electron chi connectivity index (χ2n) is 5.73. The summed E-state index contributed by atoms with van der Waals surface area (Å²) in [6.07, 6.45) is 1.66. The minimum Gasteiger partial charge on any atom is -0.507 e. The molecule has 0 aliphatic heterocycles. The highest BCUT2D eigenvalue weighted by atomic mass is 35.5. The number of aromatic hydroxyl groups is 1. The maximum Gasteiger partial charge on any atom is 0.128 e. The molecule has 0 unspecified atom stereocenters. The van der Waals surface area contributed by atoms with Crippen molar-refractivity contribution in [3.05, 3.63) is 58.6 Å². The Bertz CT molecular complexity index is 642. The van der Waals surface area contributed by atoms with Crippen LogP contribution in [0.1, 0.15) is 31.9 Å². The van der Waals surface area contributed by atoms with E-state index in [1.54, 1.807) is 18.3 Å². The van der Waals surface area contributed by atoms with Crippen molar-refractivity contribution in [1.29, 1.82) is 0 Å². The second-order valence-corrected chi connectivity index (χ2v) is 6.17. The molecule has 0 bridgehead atoms. The lowest BCUT2D eigenvalue weighted by Crippen LogP contribution is -2.11. The third kappa shape index (κ3) is 3.40. The van der Waals surface area contributed by atoms with E-state index in [0.717, 1.165) is 11.3 Å². The monoisotopic (exact) mass is 287 g/mol. The Labute approximate surface area is 124 Å². The molecule has 20 heavy (non-hydrogen) atoms. The van der Waals surface area contributed by atoms with Gasteiger partial charge in [-0.3, -0.25) is 4.99 Å². The van der Waals surface area contributed by atoms with Crippen molar-refractivity contribution in [2.24, 2.45) is 4.99 Å². The van der Waals surface area contributed by atoms with Crippen LogP contribution in [0.25, 0.3) is 0 Å². The minimum atomic E-state index is -0.107. The van der Waals surface area contributed by atoms with Crippen LogP contribution >= 0.6 is 11.6 Å². The Hall–Kier alpha value is -1.80. The molecule has 104 valence electrons. The molecule has 1 N–H and O–H groups in total. The van der Waals surface area contributed by atoms with Crippen LogP contribution in [-0.2, 0) is 5.41 Å². The van der Waals surface area contributed by atoms with E-state index in [2.05, 4.69) is 25.8 Å². The Kier molecular flexibility index (Phi) is 4.15. The van der Waals surface area contributed by atoms with Crippen LogP contribution in [0.4, 0.5) is 5.69 Å². The van der Waals surface area contributed by atoms with E-state index < -0.39 is 0 Å². The van der Waals surface area contributed by atoms with Gasteiger partial charge in [0, 0.05) is 16.8 Å². The summed E-state index contributed by atoms with van der Waals surface area (Å²) < 4.78 is 0. The normalized spacial score (nSPS) is 12.0. The van der Waals surface area contributed by atoms with Crippen molar-refractivity contribution >= 4 is 23.5 Å². The van der Waals surface area contributed by atoms with E-state index in [1.165, 1.54) is 0 Å². The molecule has 0 aliphatic rings. The van der Waals surface area contributed by atoms with Gasteiger partial charge in [-0.2, -0.15) is 0 Å². The van der Waals surface area contributed by atoms with Gasteiger partial charge in [-0.25, -0.2) is 0 Å². The van der Waals surface area contributed by atoms with Gasteiger partial charge in [-0.05, 0) is 35.2 Å². The average Bonchev–Trinajstić information content (AvgIpc) is 2.36. The summed E-state index contributed by atoms with van der Waals surface area (Å²) in [5, 5.41) is 11.0. The third-order valence-electron chi connectivity index (χ3n) is 3.04. The van der Waals surface area contributed by atoms with Crippen molar-refractivity contribution in [2.75, 3.05) is 0 Å². The van der Waals surface area contributed by atoms with E-state index >= 15 is 0 Å². The second kappa shape index (κ2) is 5.68. The van der Waals surface area contributed by atoms with Crippen molar-refractivity contribution in [2.45, 2.75) is 26.2 Å². The minimum absolute atomic E-state index is 0.107. The number of nitrogens with zero attached hydrogens (tertiary/aromatic N) is 1. The van der Waals surface area contributed by atoms with Crippen molar-refractivity contribution in [3.63, 3.8) is 0 Å². The van der Waals surface area contributed by atoms with Gasteiger partial charge < -0.3 is 5.11 Å². The number of hydrogen-bond acceptors (Lipinski definition) is 2. The fraction of sp³-hybridized carbons (Fsp3) is 0.235. The Balaban J connectivity index is 2.35. The maximum atomic E-state index is 10.3. The van der Waals surface area contributed by atoms with Crippen LogP contribution in [0, 0.1) is 0 Å². The van der Waals surface area contributed by atoms with Gasteiger partial charge >= 0.3 is 0 Å². The van der Waals surface area contributed by atoms with Gasteiger partial charge in [-0.1, -0.05) is 50.6 Å². The smallest absolute Gasteiger partial charge is 0.128 e. The highest BCUT2D eigenvalue weighted by Crippen LogP contribution is 2.32. The zero-order valence-corrected chi connectivity index (χ0v) is 12.6. The highest BCUT2D eigenvalue weighted by molar-refractivity contribution is 6.30. The van der Waals surface area contributed by atoms with Crippen LogP contribution in [0.2, 0.25) is 5.02 Å². The lowest BCUT2D eigenvalue weighted by atomic mass is 9.85. The summed E-state index contributed by atoms with van der Waals surface area (Å²) in [6, 6.07) is 13.0. The van der Waals surface area contributed by atoms with Crippen LogP contribution in [0.15, 0.2) is 47.5 Å². The number of phenols is 1. The molecule has 0 aromatic heterocycles. The quantitative estimate of drug-likeness (QED) is 0.766. The first-order valence-corrected chi connectivity index (χ1v) is 6.88. The van der Waals surface area contributed by atoms with Crippen LogP contribution in [0.5, 0.6) is 5.75 Å². The standard InChI is InChI=1S/C17H18ClNO/c1-17(2,3)15-9-4-6-12(16(15)20)11-19-14-8-5-7-13(18)10-14/h4-11,20H,1-3H3. The number of phenolic OH excluding ortho intramolecular Hbond substituents is 1. The van der Waals surface area contributed by atoms with Crippen molar-refractivity contribution < 1.29 is 5.11 Å². The zero-order valence-electron chi connectivity index (χ0n) is 11.9. The van der Waals surface area contributed by atoms with Crippen LogP contribution < -0.4 is 0 Å². The average molecular weight is 288 g/mol. The van der Waals surface area contributed by atoms with Crippen LogP contribution in [0.3, 0.4) is 0 Å². The Morgan fingerprint density at radius 1 is 1.10 bits per heavy atom. The molecule has 2 rings (SSSR count). The summed E-state index contributed by atoms with van der Waals surface area (Å²) in [5.41, 5.74) is 2.27. The Morgan fingerprint density at radius 3 is 2.45 bits per heavy atom. The predicted octanol–water partition coefficient (Wildman–Crippen LogP) is 5.09. The first kappa shape index (κ1) is 14.6. The zero-order chi connectivity index (χ0) is 14.8. The summed E-state index contributed by atoms with van der Waals surface area (Å²) >= 11 is 5.92. The molecule has 2 aromatic carbocycles. The van der Waals surface area contributed by atoms with E-state index in [4.69, 9.17) is 11.6 Å². The Morgan fingerprint density at radius 2 is 1.80 bits per heavy atom. The van der Waals surface area contributed by atoms with Gasteiger partial charge in [0.25, 0.3) is 0 Å². The largest absolute Gasteiger partial charge is 0.507 e. The SMILES string of the molecule is CC(C)(C)c1cccc(C=Nc2cccc(Cl)c2)c1O. The van der Waals surface area contributed by atoms with E-state index in [-0.39, 0.29) is 11.2 Å². The van der Waals surface area contributed by atoms with Gasteiger partial charge in [0.15, 0.2) is 0 Å². The number of aliphatic imine (C=N–C) groups is 1. The molecule has 0 spiro atoms. The molecule has 2 nitrogen and oxygen atoms in total. The number of rotatable bonds is 2. The van der Waals surface area contributed by atoms with Gasteiger partial charge in [0.2, 0.25) is 0 Å². The third-order valence-corrected chi connectivity index (χ3v) is 3.27. The number of halogens is 1. The number of benzene rings is 2. The molecule has 0 radical (unpaired) electrons. The van der Waals surface area contributed by atoms with E-state index in [9.17, 15) is 5.11 Å². The molecule has 0 heterocycles. The predicted molar refractivity (Wildman–Crippen MR) is 85.5 cm³/mol. The summed E-state index contributed by atoms with van der Waals surface area (Å²) in [7, 11) is 0. The molecule has 2 aromatic rings.